The number of amides is 1. The Morgan fingerprint density at radius 1 is 1.09 bits per heavy atom. The fourth-order valence-corrected chi connectivity index (χ4v) is 5.74. The summed E-state index contributed by atoms with van der Waals surface area (Å²) in [4.78, 5) is 23.7. The van der Waals surface area contributed by atoms with Gasteiger partial charge in [0.1, 0.15) is 6.61 Å². The van der Waals surface area contributed by atoms with Crippen LogP contribution in [0.4, 0.5) is 4.79 Å². The highest BCUT2D eigenvalue weighted by Crippen LogP contribution is 2.44. The number of hydrogen-bond donors (Lipinski definition) is 1. The number of carbonyl (C=O) groups is 2. The number of thioether (sulfide) groups is 1. The van der Waals surface area contributed by atoms with Gasteiger partial charge in [-0.3, -0.25) is 4.79 Å². The van der Waals surface area contributed by atoms with Gasteiger partial charge >= 0.3 is 6.09 Å². The summed E-state index contributed by atoms with van der Waals surface area (Å²) in [6, 6.07) is 16.8. The zero-order valence-electron chi connectivity index (χ0n) is 18.4. The van der Waals surface area contributed by atoms with Gasteiger partial charge in [-0.15, -0.1) is 5.10 Å². The summed E-state index contributed by atoms with van der Waals surface area (Å²) >= 11 is 1.38. The number of carbonyl (C=O) groups excluding carboxylic acids is 2. The van der Waals surface area contributed by atoms with Gasteiger partial charge in [-0.2, -0.15) is 0 Å². The fourth-order valence-electron chi connectivity index (χ4n) is 4.64. The maximum absolute atomic E-state index is 12.3. The van der Waals surface area contributed by atoms with Gasteiger partial charge in [0.15, 0.2) is 5.12 Å². The molecule has 2 atom stereocenters. The van der Waals surface area contributed by atoms with Gasteiger partial charge in [-0.05, 0) is 35.1 Å². The van der Waals surface area contributed by atoms with Gasteiger partial charge in [0.25, 0.3) is 0 Å². The van der Waals surface area contributed by atoms with Crippen molar-refractivity contribution < 1.29 is 14.3 Å². The van der Waals surface area contributed by atoms with E-state index < -0.39 is 6.09 Å². The normalized spacial score (nSPS) is 18.8. The third-order valence-electron chi connectivity index (χ3n) is 6.39. The van der Waals surface area contributed by atoms with Crippen molar-refractivity contribution in [1.82, 2.24) is 20.3 Å². The van der Waals surface area contributed by atoms with Crippen molar-refractivity contribution in [3.63, 3.8) is 0 Å². The molecule has 2 unspecified atom stereocenters. The lowest BCUT2D eigenvalue weighted by Crippen LogP contribution is -2.32. The van der Waals surface area contributed by atoms with Gasteiger partial charge in [-0.1, -0.05) is 65.5 Å². The van der Waals surface area contributed by atoms with Gasteiger partial charge in [-0.25, -0.2) is 9.48 Å². The average molecular weight is 463 g/mol. The van der Waals surface area contributed by atoms with Crippen LogP contribution in [-0.4, -0.2) is 44.6 Å². The lowest BCUT2D eigenvalue weighted by molar-refractivity contribution is -0.109. The van der Waals surface area contributed by atoms with Crippen molar-refractivity contribution in [2.75, 3.05) is 13.2 Å². The Morgan fingerprint density at radius 2 is 1.79 bits per heavy atom. The fraction of sp³-hybridized carbons (Fsp3) is 0.360. The number of nitrogens with zero attached hydrogens (tertiary/aromatic N) is 3. The minimum Gasteiger partial charge on any atom is -0.449 e. The smallest absolute Gasteiger partial charge is 0.407 e. The zero-order chi connectivity index (χ0) is 22.8. The lowest BCUT2D eigenvalue weighted by Gasteiger charge is -2.34. The van der Waals surface area contributed by atoms with Crippen LogP contribution in [0.3, 0.4) is 0 Å². The predicted molar refractivity (Wildman–Crippen MR) is 127 cm³/mol. The number of fused-ring (bicyclic) bond motifs is 3. The third-order valence-corrected chi connectivity index (χ3v) is 7.57. The van der Waals surface area contributed by atoms with E-state index in [1.54, 1.807) is 6.92 Å². The largest absolute Gasteiger partial charge is 0.449 e. The van der Waals surface area contributed by atoms with Crippen LogP contribution in [0.2, 0.25) is 0 Å². The molecule has 0 radical (unpaired) electrons. The molecule has 0 spiro atoms. The van der Waals surface area contributed by atoms with E-state index in [4.69, 9.17) is 4.74 Å². The van der Waals surface area contributed by atoms with E-state index >= 15 is 0 Å². The topological polar surface area (TPSA) is 86.1 Å². The molecule has 0 aliphatic heterocycles. The van der Waals surface area contributed by atoms with Crippen molar-refractivity contribution in [2.24, 2.45) is 0 Å². The lowest BCUT2D eigenvalue weighted by atomic mass is 9.92. The van der Waals surface area contributed by atoms with E-state index in [1.807, 2.05) is 35.1 Å². The van der Waals surface area contributed by atoms with Gasteiger partial charge in [0, 0.05) is 37.3 Å². The van der Waals surface area contributed by atoms with Crippen LogP contribution in [0.15, 0.2) is 54.7 Å². The van der Waals surface area contributed by atoms with E-state index in [-0.39, 0.29) is 22.3 Å². The molecule has 0 bridgehead atoms. The van der Waals surface area contributed by atoms with E-state index in [0.29, 0.717) is 19.6 Å². The minimum atomic E-state index is -0.429. The summed E-state index contributed by atoms with van der Waals surface area (Å²) in [7, 11) is 0. The van der Waals surface area contributed by atoms with Gasteiger partial charge in [0.05, 0.1) is 11.7 Å². The third kappa shape index (κ3) is 4.53. The SMILES string of the molecule is CC(=O)SC1CCC1n1cc(CCNC(=O)OCC2c3ccccc3-c3ccccc32)nn1. The van der Waals surface area contributed by atoms with Gasteiger partial charge < -0.3 is 10.1 Å². The van der Waals surface area contributed by atoms with Crippen LogP contribution in [0.5, 0.6) is 0 Å². The van der Waals surface area contributed by atoms with E-state index in [0.717, 1.165) is 18.5 Å². The van der Waals surface area contributed by atoms with Crippen molar-refractivity contribution in [3.8, 4) is 11.1 Å². The molecule has 2 aliphatic carbocycles. The first kappa shape index (κ1) is 21.7. The summed E-state index contributed by atoms with van der Waals surface area (Å²) in [5, 5.41) is 11.7. The molecule has 5 rings (SSSR count). The molecule has 1 N–H and O–H groups in total. The molecular formula is C25H26N4O3S. The molecule has 1 aromatic heterocycles. The average Bonchev–Trinajstić information content (AvgIpc) is 3.38. The van der Waals surface area contributed by atoms with Crippen LogP contribution in [0.1, 0.15) is 48.5 Å². The van der Waals surface area contributed by atoms with Crippen LogP contribution >= 0.6 is 11.8 Å². The molecular weight excluding hydrogens is 436 g/mol. The second-order valence-corrected chi connectivity index (χ2v) is 9.90. The van der Waals surface area contributed by atoms with E-state index in [2.05, 4.69) is 39.9 Å². The highest BCUT2D eigenvalue weighted by molar-refractivity contribution is 8.14. The number of aromatic nitrogens is 3. The van der Waals surface area contributed by atoms with Crippen molar-refractivity contribution in [3.05, 3.63) is 71.5 Å². The summed E-state index contributed by atoms with van der Waals surface area (Å²) < 4.78 is 7.43. The number of benzene rings is 2. The standard InChI is InChI=1S/C25H26N4O3S/c1-16(30)33-24-11-10-23(24)29-14-17(27-28-29)12-13-26-25(31)32-15-22-20-8-4-2-6-18(20)19-7-3-5-9-21(19)22/h2-9,14,22-24H,10-13,15H2,1H3,(H,26,31). The van der Waals surface area contributed by atoms with E-state index in [9.17, 15) is 9.59 Å². The Morgan fingerprint density at radius 3 is 2.42 bits per heavy atom. The first-order chi connectivity index (χ1) is 16.1. The minimum absolute atomic E-state index is 0.0475. The molecule has 1 saturated carbocycles. The molecule has 1 fully saturated rings. The Bertz CT molecular complexity index is 1130. The molecule has 33 heavy (non-hydrogen) atoms. The summed E-state index contributed by atoms with van der Waals surface area (Å²) in [6.45, 7) is 2.32. The molecule has 2 aliphatic rings. The van der Waals surface area contributed by atoms with Crippen molar-refractivity contribution in [2.45, 2.75) is 43.4 Å². The number of rotatable bonds is 7. The number of hydrogen-bond acceptors (Lipinski definition) is 6. The molecule has 2 aromatic carbocycles. The summed E-state index contributed by atoms with van der Waals surface area (Å²) in [5.41, 5.74) is 5.62. The Balaban J connectivity index is 1.11. The molecule has 0 saturated heterocycles. The highest BCUT2D eigenvalue weighted by Gasteiger charge is 2.35. The van der Waals surface area contributed by atoms with Crippen molar-refractivity contribution in [1.29, 1.82) is 0 Å². The number of alkyl carbamates (subject to hydrolysis) is 1. The van der Waals surface area contributed by atoms with E-state index in [1.165, 1.54) is 34.0 Å². The van der Waals surface area contributed by atoms with Crippen LogP contribution in [-0.2, 0) is 16.0 Å². The first-order valence-corrected chi connectivity index (χ1v) is 12.1. The van der Waals surface area contributed by atoms with Gasteiger partial charge in [0.2, 0.25) is 0 Å². The number of nitrogens with one attached hydrogen (secondary N) is 1. The van der Waals surface area contributed by atoms with Crippen LogP contribution in [0.25, 0.3) is 11.1 Å². The van der Waals surface area contributed by atoms with Crippen molar-refractivity contribution >= 4 is 23.0 Å². The number of ether oxygens (including phenoxy) is 1. The molecule has 1 heterocycles. The van der Waals surface area contributed by atoms with Crippen LogP contribution in [0, 0.1) is 0 Å². The Hall–Kier alpha value is -3.13. The highest BCUT2D eigenvalue weighted by atomic mass is 32.2. The maximum atomic E-state index is 12.3. The van der Waals surface area contributed by atoms with Crippen LogP contribution < -0.4 is 5.32 Å². The summed E-state index contributed by atoms with van der Waals surface area (Å²) in [5.74, 6) is 0.0475. The molecule has 170 valence electrons. The second-order valence-electron chi connectivity index (χ2n) is 8.48. The first-order valence-electron chi connectivity index (χ1n) is 11.3. The summed E-state index contributed by atoms with van der Waals surface area (Å²) in [6.07, 6.45) is 4.08. The maximum Gasteiger partial charge on any atom is 0.407 e. The Kier molecular flexibility index (Phi) is 6.17. The monoisotopic (exact) mass is 462 g/mol. The molecule has 1 amide bonds. The zero-order valence-corrected chi connectivity index (χ0v) is 19.3. The predicted octanol–water partition coefficient (Wildman–Crippen LogP) is 4.34. The Labute approximate surface area is 196 Å². The molecule has 7 nitrogen and oxygen atoms in total. The second kappa shape index (κ2) is 9.39. The molecule has 8 heteroatoms. The molecule has 3 aromatic rings. The quantitative estimate of drug-likeness (QED) is 0.562.